The van der Waals surface area contributed by atoms with E-state index in [1.165, 1.54) is 11.8 Å². The van der Waals surface area contributed by atoms with Crippen LogP contribution in [0.15, 0.2) is 18.2 Å². The molecule has 1 aromatic heterocycles. The van der Waals surface area contributed by atoms with Crippen LogP contribution in [-0.4, -0.2) is 28.1 Å². The van der Waals surface area contributed by atoms with E-state index in [1.807, 2.05) is 0 Å². The Hall–Kier alpha value is -2.11. The van der Waals surface area contributed by atoms with Crippen molar-refractivity contribution in [1.29, 1.82) is 0 Å². The van der Waals surface area contributed by atoms with Crippen molar-refractivity contribution in [2.75, 3.05) is 12.8 Å². The number of hydrogen-bond acceptors (Lipinski definition) is 5. The van der Waals surface area contributed by atoms with Crippen LogP contribution in [0.25, 0.3) is 11.0 Å². The van der Waals surface area contributed by atoms with E-state index in [9.17, 15) is 4.79 Å². The van der Waals surface area contributed by atoms with Gasteiger partial charge in [-0.05, 0) is 18.2 Å². The smallest absolute Gasteiger partial charge is 0.327 e. The molecule has 0 aliphatic heterocycles. The standard InChI is InChI=1S/C9H10N4O2/c1-15-9(14)5-13-8-3-2-6(10)4-7(8)11-12-13/h2-4H,5,10H2,1H3. The highest BCUT2D eigenvalue weighted by Gasteiger charge is 2.08. The molecule has 0 radical (unpaired) electrons. The lowest BCUT2D eigenvalue weighted by molar-refractivity contribution is -0.141. The fourth-order valence-electron chi connectivity index (χ4n) is 1.29. The average molecular weight is 206 g/mol. The Labute approximate surface area is 85.6 Å². The number of nitrogen functional groups attached to an aromatic ring is 1. The number of benzene rings is 1. The minimum Gasteiger partial charge on any atom is -0.468 e. The molecule has 6 heteroatoms. The van der Waals surface area contributed by atoms with E-state index < -0.39 is 0 Å². The predicted molar refractivity (Wildman–Crippen MR) is 54.0 cm³/mol. The molecule has 0 aliphatic carbocycles. The summed E-state index contributed by atoms with van der Waals surface area (Å²) < 4.78 is 6.02. The molecule has 2 N–H and O–H groups in total. The lowest BCUT2D eigenvalue weighted by atomic mass is 10.3. The van der Waals surface area contributed by atoms with Gasteiger partial charge in [-0.15, -0.1) is 5.10 Å². The molecule has 1 aromatic carbocycles. The second-order valence-electron chi connectivity index (χ2n) is 3.07. The summed E-state index contributed by atoms with van der Waals surface area (Å²) in [5.74, 6) is -0.362. The zero-order valence-corrected chi connectivity index (χ0v) is 8.17. The van der Waals surface area contributed by atoms with Crippen molar-refractivity contribution in [3.05, 3.63) is 18.2 Å². The molecule has 0 aliphatic rings. The maximum absolute atomic E-state index is 11.1. The molecule has 0 fully saturated rings. The predicted octanol–water partition coefficient (Wildman–Crippen LogP) is 0.186. The van der Waals surface area contributed by atoms with Crippen LogP contribution >= 0.6 is 0 Å². The van der Waals surface area contributed by atoms with Gasteiger partial charge in [-0.2, -0.15) is 0 Å². The molecular formula is C9H10N4O2. The van der Waals surface area contributed by atoms with Gasteiger partial charge in [0.2, 0.25) is 0 Å². The highest BCUT2D eigenvalue weighted by atomic mass is 16.5. The number of methoxy groups -OCH3 is 1. The Morgan fingerprint density at radius 2 is 2.40 bits per heavy atom. The van der Waals surface area contributed by atoms with Gasteiger partial charge in [-0.1, -0.05) is 5.21 Å². The molecule has 2 aromatic rings. The maximum Gasteiger partial charge on any atom is 0.327 e. The van der Waals surface area contributed by atoms with E-state index >= 15 is 0 Å². The molecule has 0 saturated carbocycles. The molecule has 15 heavy (non-hydrogen) atoms. The highest BCUT2D eigenvalue weighted by Crippen LogP contribution is 2.14. The molecule has 78 valence electrons. The summed E-state index contributed by atoms with van der Waals surface area (Å²) in [6.07, 6.45) is 0. The first-order chi connectivity index (χ1) is 7.20. The first kappa shape index (κ1) is 9.45. The Morgan fingerprint density at radius 3 is 3.13 bits per heavy atom. The summed E-state index contributed by atoms with van der Waals surface area (Å²) in [4.78, 5) is 11.1. The Bertz CT molecular complexity index is 506. The fraction of sp³-hybridized carbons (Fsp3) is 0.222. The van der Waals surface area contributed by atoms with Crippen LogP contribution in [0.2, 0.25) is 0 Å². The molecule has 0 bridgehead atoms. The van der Waals surface area contributed by atoms with Crippen molar-refractivity contribution < 1.29 is 9.53 Å². The van der Waals surface area contributed by atoms with Crippen LogP contribution in [0.5, 0.6) is 0 Å². The van der Waals surface area contributed by atoms with Gasteiger partial charge in [0, 0.05) is 5.69 Å². The lowest BCUT2D eigenvalue weighted by Crippen LogP contribution is -2.12. The zero-order valence-electron chi connectivity index (χ0n) is 8.17. The number of nitrogens with zero attached hydrogens (tertiary/aromatic N) is 3. The number of aromatic nitrogens is 3. The van der Waals surface area contributed by atoms with Crippen molar-refractivity contribution in [3.63, 3.8) is 0 Å². The summed E-state index contributed by atoms with van der Waals surface area (Å²) in [6.45, 7) is 0.0525. The third-order valence-corrected chi connectivity index (χ3v) is 2.04. The fourth-order valence-corrected chi connectivity index (χ4v) is 1.29. The van der Waals surface area contributed by atoms with E-state index in [0.29, 0.717) is 11.2 Å². The Balaban J connectivity index is 2.41. The minimum atomic E-state index is -0.362. The molecule has 0 atom stereocenters. The van der Waals surface area contributed by atoms with E-state index in [0.717, 1.165) is 5.52 Å². The molecule has 0 saturated heterocycles. The Morgan fingerprint density at radius 1 is 1.60 bits per heavy atom. The summed E-state index contributed by atoms with van der Waals surface area (Å²) in [7, 11) is 1.33. The number of rotatable bonds is 2. The number of esters is 1. The summed E-state index contributed by atoms with van der Waals surface area (Å²) in [5, 5.41) is 7.73. The first-order valence-corrected chi connectivity index (χ1v) is 4.36. The van der Waals surface area contributed by atoms with Gasteiger partial charge in [-0.3, -0.25) is 4.79 Å². The van der Waals surface area contributed by atoms with Gasteiger partial charge in [0.25, 0.3) is 0 Å². The number of ether oxygens (including phenoxy) is 1. The second-order valence-corrected chi connectivity index (χ2v) is 3.07. The van der Waals surface area contributed by atoms with Crippen LogP contribution < -0.4 is 5.73 Å². The average Bonchev–Trinajstić information content (AvgIpc) is 2.60. The third kappa shape index (κ3) is 1.74. The Kier molecular flexibility index (Phi) is 2.24. The molecule has 0 unspecified atom stereocenters. The zero-order chi connectivity index (χ0) is 10.8. The van der Waals surface area contributed by atoms with Crippen LogP contribution in [0.3, 0.4) is 0 Å². The van der Waals surface area contributed by atoms with Crippen molar-refractivity contribution in [1.82, 2.24) is 15.0 Å². The molecule has 1 heterocycles. The molecule has 0 amide bonds. The van der Waals surface area contributed by atoms with Gasteiger partial charge in [-0.25, -0.2) is 4.68 Å². The number of carbonyl (C=O) groups is 1. The minimum absolute atomic E-state index is 0.0525. The van der Waals surface area contributed by atoms with E-state index in [2.05, 4.69) is 15.0 Å². The van der Waals surface area contributed by atoms with E-state index in [4.69, 9.17) is 5.73 Å². The quantitative estimate of drug-likeness (QED) is 0.560. The summed E-state index contributed by atoms with van der Waals surface area (Å²) in [6, 6.07) is 5.21. The highest BCUT2D eigenvalue weighted by molar-refractivity contribution is 5.79. The van der Waals surface area contributed by atoms with Gasteiger partial charge >= 0.3 is 5.97 Å². The number of hydrogen-bond donors (Lipinski definition) is 1. The largest absolute Gasteiger partial charge is 0.468 e. The monoisotopic (exact) mass is 206 g/mol. The van der Waals surface area contributed by atoms with E-state index in [-0.39, 0.29) is 12.5 Å². The third-order valence-electron chi connectivity index (χ3n) is 2.04. The van der Waals surface area contributed by atoms with Crippen molar-refractivity contribution in [2.24, 2.45) is 0 Å². The number of carbonyl (C=O) groups excluding carboxylic acids is 1. The van der Waals surface area contributed by atoms with Crippen LogP contribution in [0, 0.1) is 0 Å². The molecule has 6 nitrogen and oxygen atoms in total. The lowest BCUT2D eigenvalue weighted by Gasteiger charge is -2.00. The van der Waals surface area contributed by atoms with Gasteiger partial charge in [0.1, 0.15) is 12.1 Å². The van der Waals surface area contributed by atoms with Gasteiger partial charge < -0.3 is 10.5 Å². The van der Waals surface area contributed by atoms with Crippen LogP contribution in [0.1, 0.15) is 0 Å². The van der Waals surface area contributed by atoms with Crippen molar-refractivity contribution in [3.8, 4) is 0 Å². The first-order valence-electron chi connectivity index (χ1n) is 4.36. The van der Waals surface area contributed by atoms with E-state index in [1.54, 1.807) is 18.2 Å². The van der Waals surface area contributed by atoms with Gasteiger partial charge in [0.15, 0.2) is 0 Å². The SMILES string of the molecule is COC(=O)Cn1nnc2cc(N)ccc21. The summed E-state index contributed by atoms with van der Waals surface area (Å²) >= 11 is 0. The molecule has 2 rings (SSSR count). The molecule has 0 spiro atoms. The second kappa shape index (κ2) is 3.56. The van der Waals surface area contributed by atoms with Crippen molar-refractivity contribution in [2.45, 2.75) is 6.54 Å². The molecular weight excluding hydrogens is 196 g/mol. The summed E-state index contributed by atoms with van der Waals surface area (Å²) in [5.41, 5.74) is 7.63. The number of nitrogens with two attached hydrogens (primary N) is 1. The maximum atomic E-state index is 11.1. The normalized spacial score (nSPS) is 10.5. The number of fused-ring (bicyclic) bond motifs is 1. The van der Waals surface area contributed by atoms with Crippen LogP contribution in [0.4, 0.5) is 5.69 Å². The van der Waals surface area contributed by atoms with Gasteiger partial charge in [0.05, 0.1) is 12.6 Å². The number of anilines is 1. The van der Waals surface area contributed by atoms with Crippen LogP contribution in [-0.2, 0) is 16.1 Å². The van der Waals surface area contributed by atoms with Crippen molar-refractivity contribution >= 4 is 22.7 Å². The topological polar surface area (TPSA) is 83.0 Å².